The SMILES string of the molecule is CC(C)(C)C1CCC(N(Cc2ccc(C(=O)NC(N=N)N=N)cc2)C(=O)c2cccc3ccccc23)CC1. The summed E-state index contributed by atoms with van der Waals surface area (Å²) in [6, 6.07) is 21.1. The molecule has 0 unspecified atom stereocenters. The molecule has 1 saturated carbocycles. The quantitative estimate of drug-likeness (QED) is 0.277. The zero-order valence-electron chi connectivity index (χ0n) is 22.3. The van der Waals surface area contributed by atoms with Crippen molar-refractivity contribution in [2.45, 2.75) is 65.3 Å². The number of fused-ring (bicyclic) bond motifs is 1. The lowest BCUT2D eigenvalue weighted by atomic mass is 9.71. The Balaban J connectivity index is 1.59. The van der Waals surface area contributed by atoms with Crippen LogP contribution in [0.4, 0.5) is 0 Å². The normalized spacial score (nSPS) is 18.4. The van der Waals surface area contributed by atoms with Crippen LogP contribution in [0.5, 0.6) is 0 Å². The zero-order chi connectivity index (χ0) is 27.3. The molecular formula is C30H36N6O2. The fourth-order valence-electron chi connectivity index (χ4n) is 5.44. The molecule has 4 rings (SSSR count). The van der Waals surface area contributed by atoms with E-state index >= 15 is 0 Å². The van der Waals surface area contributed by atoms with Gasteiger partial charge >= 0.3 is 0 Å². The average molecular weight is 513 g/mol. The molecule has 1 aliphatic rings. The van der Waals surface area contributed by atoms with Gasteiger partial charge in [0.1, 0.15) is 0 Å². The van der Waals surface area contributed by atoms with Crippen LogP contribution in [0.3, 0.4) is 0 Å². The number of benzene rings is 3. The van der Waals surface area contributed by atoms with E-state index in [0.717, 1.165) is 42.0 Å². The van der Waals surface area contributed by atoms with E-state index in [9.17, 15) is 9.59 Å². The molecule has 3 aromatic carbocycles. The first-order valence-corrected chi connectivity index (χ1v) is 13.1. The van der Waals surface area contributed by atoms with Crippen LogP contribution in [0.15, 0.2) is 77.0 Å². The van der Waals surface area contributed by atoms with Gasteiger partial charge in [0.25, 0.3) is 18.1 Å². The maximum atomic E-state index is 14.1. The van der Waals surface area contributed by atoms with Crippen molar-refractivity contribution in [2.75, 3.05) is 0 Å². The topological polar surface area (TPSA) is 122 Å². The van der Waals surface area contributed by atoms with Gasteiger partial charge in [-0.3, -0.25) is 9.59 Å². The molecule has 0 aliphatic heterocycles. The van der Waals surface area contributed by atoms with E-state index in [2.05, 4.69) is 36.3 Å². The Morgan fingerprint density at radius 1 is 0.921 bits per heavy atom. The first-order valence-electron chi connectivity index (χ1n) is 13.1. The Labute approximate surface area is 223 Å². The van der Waals surface area contributed by atoms with E-state index in [1.54, 1.807) is 12.1 Å². The molecule has 3 aromatic rings. The molecule has 0 radical (unpaired) electrons. The molecule has 0 heterocycles. The second-order valence-corrected chi connectivity index (χ2v) is 11.1. The van der Waals surface area contributed by atoms with Crippen molar-refractivity contribution >= 4 is 22.6 Å². The van der Waals surface area contributed by atoms with Crippen molar-refractivity contribution in [3.8, 4) is 0 Å². The molecule has 2 amide bonds. The summed E-state index contributed by atoms with van der Waals surface area (Å²) in [4.78, 5) is 28.5. The maximum absolute atomic E-state index is 14.1. The Bertz CT molecular complexity index is 1290. The molecule has 0 aromatic heterocycles. The molecule has 0 saturated heterocycles. The Morgan fingerprint density at radius 3 is 2.18 bits per heavy atom. The summed E-state index contributed by atoms with van der Waals surface area (Å²) in [5, 5.41) is 10.6. The monoisotopic (exact) mass is 512 g/mol. The highest BCUT2D eigenvalue weighted by atomic mass is 16.2. The molecule has 8 heteroatoms. The smallest absolute Gasteiger partial charge is 0.255 e. The summed E-state index contributed by atoms with van der Waals surface area (Å²) in [7, 11) is 0. The molecule has 0 spiro atoms. The number of amides is 2. The van der Waals surface area contributed by atoms with Gasteiger partial charge in [-0.1, -0.05) is 69.3 Å². The molecular weight excluding hydrogens is 476 g/mol. The number of nitrogens with zero attached hydrogens (tertiary/aromatic N) is 3. The van der Waals surface area contributed by atoms with E-state index in [4.69, 9.17) is 11.1 Å². The number of hydrogen-bond donors (Lipinski definition) is 3. The van der Waals surface area contributed by atoms with Crippen LogP contribution < -0.4 is 5.32 Å². The van der Waals surface area contributed by atoms with Gasteiger partial charge in [-0.15, -0.1) is 10.2 Å². The number of hydrogen-bond acceptors (Lipinski definition) is 6. The van der Waals surface area contributed by atoms with Gasteiger partial charge in [-0.05, 0) is 71.6 Å². The van der Waals surface area contributed by atoms with Gasteiger partial charge in [-0.2, -0.15) is 0 Å². The van der Waals surface area contributed by atoms with Crippen molar-refractivity contribution < 1.29 is 9.59 Å². The fraction of sp³-hybridized carbons (Fsp3) is 0.400. The number of carbonyl (C=O) groups excluding carboxylic acids is 2. The van der Waals surface area contributed by atoms with Crippen LogP contribution in [-0.2, 0) is 6.54 Å². The van der Waals surface area contributed by atoms with Crippen molar-refractivity contribution in [3.05, 3.63) is 83.4 Å². The van der Waals surface area contributed by atoms with Crippen molar-refractivity contribution in [1.29, 1.82) is 11.1 Å². The zero-order valence-corrected chi connectivity index (χ0v) is 22.3. The third kappa shape index (κ3) is 6.13. The van der Waals surface area contributed by atoms with Gasteiger partial charge in [0, 0.05) is 23.7 Å². The van der Waals surface area contributed by atoms with Crippen LogP contribution in [0.25, 0.3) is 10.8 Å². The van der Waals surface area contributed by atoms with Gasteiger partial charge < -0.3 is 10.2 Å². The van der Waals surface area contributed by atoms with Gasteiger partial charge in [-0.25, -0.2) is 11.1 Å². The highest BCUT2D eigenvalue weighted by molar-refractivity contribution is 6.07. The Morgan fingerprint density at radius 2 is 1.55 bits per heavy atom. The standard InChI is InChI=1S/C30H36N6O2/c1-30(2,3)23-15-17-24(18-16-23)36(28(38)26-10-6-8-21-7-4-5-9-25(21)26)19-20-11-13-22(14-12-20)27(37)33-29(34-31)35-32/h4-14,23-24,29,31-32H,15-19H2,1-3H3,(H,33,37). The molecule has 198 valence electrons. The van der Waals surface area contributed by atoms with Crippen molar-refractivity contribution in [2.24, 2.45) is 21.6 Å². The minimum atomic E-state index is -1.22. The number of rotatable bonds is 8. The predicted molar refractivity (Wildman–Crippen MR) is 147 cm³/mol. The second kappa shape index (κ2) is 11.6. The third-order valence-corrected chi connectivity index (χ3v) is 7.72. The maximum Gasteiger partial charge on any atom is 0.255 e. The molecule has 0 bridgehead atoms. The van der Waals surface area contributed by atoms with Crippen molar-refractivity contribution in [1.82, 2.24) is 10.2 Å². The lowest BCUT2D eigenvalue weighted by molar-refractivity contribution is 0.0532. The summed E-state index contributed by atoms with van der Waals surface area (Å²) >= 11 is 0. The average Bonchev–Trinajstić information content (AvgIpc) is 2.93. The predicted octanol–water partition coefficient (Wildman–Crippen LogP) is 7.16. The van der Waals surface area contributed by atoms with Crippen LogP contribution in [0.1, 0.15) is 72.7 Å². The van der Waals surface area contributed by atoms with Gasteiger partial charge in [0.05, 0.1) is 0 Å². The van der Waals surface area contributed by atoms with Crippen LogP contribution >= 0.6 is 0 Å². The second-order valence-electron chi connectivity index (χ2n) is 11.1. The fourth-order valence-corrected chi connectivity index (χ4v) is 5.44. The molecule has 0 atom stereocenters. The summed E-state index contributed by atoms with van der Waals surface area (Å²) in [5.74, 6) is 0.207. The van der Waals surface area contributed by atoms with Gasteiger partial charge in [0.15, 0.2) is 0 Å². The molecule has 38 heavy (non-hydrogen) atoms. The van der Waals surface area contributed by atoms with Crippen molar-refractivity contribution in [3.63, 3.8) is 0 Å². The Kier molecular flexibility index (Phi) is 8.29. The number of carbonyl (C=O) groups is 2. The van der Waals surface area contributed by atoms with E-state index < -0.39 is 12.2 Å². The van der Waals surface area contributed by atoms with E-state index in [1.807, 2.05) is 59.5 Å². The summed E-state index contributed by atoms with van der Waals surface area (Å²) < 4.78 is 0. The first kappa shape index (κ1) is 27.1. The highest BCUT2D eigenvalue weighted by Crippen LogP contribution is 2.39. The third-order valence-electron chi connectivity index (χ3n) is 7.72. The van der Waals surface area contributed by atoms with E-state index in [-0.39, 0.29) is 17.4 Å². The summed E-state index contributed by atoms with van der Waals surface area (Å²) in [5.41, 5.74) is 16.3. The lowest BCUT2D eigenvalue weighted by Crippen LogP contribution is -2.43. The number of nitrogens with one attached hydrogen (secondary N) is 3. The highest BCUT2D eigenvalue weighted by Gasteiger charge is 2.34. The largest absolute Gasteiger partial charge is 0.331 e. The van der Waals surface area contributed by atoms with E-state index in [1.165, 1.54) is 0 Å². The molecule has 1 fully saturated rings. The first-order chi connectivity index (χ1) is 18.2. The van der Waals surface area contributed by atoms with Gasteiger partial charge in [0.2, 0.25) is 0 Å². The lowest BCUT2D eigenvalue weighted by Gasteiger charge is -2.41. The Hall–Kier alpha value is -3.94. The summed E-state index contributed by atoms with van der Waals surface area (Å²) in [6.07, 6.45) is 2.89. The van der Waals surface area contributed by atoms with Crippen LogP contribution in [0, 0.1) is 22.4 Å². The van der Waals surface area contributed by atoms with E-state index in [0.29, 0.717) is 23.6 Å². The van der Waals surface area contributed by atoms with Crippen LogP contribution in [0.2, 0.25) is 0 Å². The summed E-state index contributed by atoms with van der Waals surface area (Å²) in [6.45, 7) is 7.34. The minimum absolute atomic E-state index is 0.0276. The molecule has 1 aliphatic carbocycles. The molecule has 3 N–H and O–H groups in total. The minimum Gasteiger partial charge on any atom is -0.331 e. The molecule has 8 nitrogen and oxygen atoms in total. The van der Waals surface area contributed by atoms with Crippen LogP contribution in [-0.4, -0.2) is 29.0 Å².